The van der Waals surface area contributed by atoms with E-state index in [0.717, 1.165) is 39.5 Å². The fourth-order valence-corrected chi connectivity index (χ4v) is 3.02. The lowest BCUT2D eigenvalue weighted by atomic mass is 9.93. The summed E-state index contributed by atoms with van der Waals surface area (Å²) < 4.78 is 16.8. The molecule has 3 nitrogen and oxygen atoms in total. The molecule has 26 heavy (non-hydrogen) atoms. The van der Waals surface area contributed by atoms with Gasteiger partial charge in [-0.05, 0) is 60.9 Å². The first-order valence-corrected chi connectivity index (χ1v) is 8.90. The van der Waals surface area contributed by atoms with Crippen LogP contribution in [0.15, 0.2) is 66.7 Å². The predicted octanol–water partition coefficient (Wildman–Crippen LogP) is 5.83. The van der Waals surface area contributed by atoms with Crippen LogP contribution in [-0.4, -0.2) is 20.3 Å². The van der Waals surface area contributed by atoms with Crippen LogP contribution in [-0.2, 0) is 0 Å². The molecule has 0 N–H and O–H groups in total. The van der Waals surface area contributed by atoms with Gasteiger partial charge in [0.05, 0.1) is 20.3 Å². The number of ether oxygens (including phenoxy) is 3. The van der Waals surface area contributed by atoms with Gasteiger partial charge in [-0.2, -0.15) is 0 Å². The maximum absolute atomic E-state index is 5.65. The molecule has 0 atom stereocenters. The van der Waals surface area contributed by atoms with Crippen molar-refractivity contribution < 1.29 is 14.2 Å². The van der Waals surface area contributed by atoms with E-state index < -0.39 is 0 Å². The molecule has 0 spiro atoms. The summed E-state index contributed by atoms with van der Waals surface area (Å²) in [5.41, 5.74) is 4.41. The summed E-state index contributed by atoms with van der Waals surface area (Å²) in [4.78, 5) is 0. The van der Waals surface area contributed by atoms with Crippen molar-refractivity contribution in [2.75, 3.05) is 20.3 Å². The minimum Gasteiger partial charge on any atom is -0.496 e. The van der Waals surface area contributed by atoms with Crippen LogP contribution >= 0.6 is 0 Å². The molecule has 3 heteroatoms. The van der Waals surface area contributed by atoms with Gasteiger partial charge in [0.2, 0.25) is 0 Å². The third kappa shape index (κ3) is 3.83. The highest BCUT2D eigenvalue weighted by atomic mass is 16.5. The van der Waals surface area contributed by atoms with E-state index in [1.165, 1.54) is 0 Å². The van der Waals surface area contributed by atoms with Gasteiger partial charge in [-0.25, -0.2) is 0 Å². The van der Waals surface area contributed by atoms with Gasteiger partial charge in [-0.1, -0.05) is 36.4 Å². The van der Waals surface area contributed by atoms with Crippen LogP contribution in [0, 0.1) is 0 Å². The zero-order valence-corrected chi connectivity index (χ0v) is 15.5. The Bertz CT molecular complexity index is 836. The van der Waals surface area contributed by atoms with E-state index in [2.05, 4.69) is 30.3 Å². The fourth-order valence-electron chi connectivity index (χ4n) is 3.02. The Morgan fingerprint density at radius 1 is 0.654 bits per heavy atom. The molecular weight excluding hydrogens is 324 g/mol. The SMILES string of the molecule is CCOc1ccc(-c2cccc(OC)c2-c2ccc(OCC)cc2)cc1. The summed E-state index contributed by atoms with van der Waals surface area (Å²) in [7, 11) is 1.70. The van der Waals surface area contributed by atoms with E-state index in [-0.39, 0.29) is 0 Å². The maximum atomic E-state index is 5.65. The zero-order chi connectivity index (χ0) is 18.4. The average Bonchev–Trinajstić information content (AvgIpc) is 2.69. The second kappa shape index (κ2) is 8.43. The van der Waals surface area contributed by atoms with Crippen LogP contribution < -0.4 is 14.2 Å². The maximum Gasteiger partial charge on any atom is 0.127 e. The van der Waals surface area contributed by atoms with E-state index in [1.807, 2.05) is 50.2 Å². The Labute approximate surface area is 155 Å². The van der Waals surface area contributed by atoms with Gasteiger partial charge in [0.1, 0.15) is 17.2 Å². The number of methoxy groups -OCH3 is 1. The van der Waals surface area contributed by atoms with Gasteiger partial charge < -0.3 is 14.2 Å². The summed E-state index contributed by atoms with van der Waals surface area (Å²) in [6.45, 7) is 5.29. The molecule has 0 aliphatic heterocycles. The second-order valence-electron chi connectivity index (χ2n) is 5.80. The van der Waals surface area contributed by atoms with Crippen LogP contribution in [0.4, 0.5) is 0 Å². The number of rotatable bonds is 7. The quantitative estimate of drug-likeness (QED) is 0.538. The lowest BCUT2D eigenvalue weighted by molar-refractivity contribution is 0.340. The lowest BCUT2D eigenvalue weighted by Gasteiger charge is -2.15. The molecule has 0 aromatic heterocycles. The summed E-state index contributed by atoms with van der Waals surface area (Å²) >= 11 is 0. The van der Waals surface area contributed by atoms with Crippen LogP contribution in [0.25, 0.3) is 22.3 Å². The van der Waals surface area contributed by atoms with E-state index in [4.69, 9.17) is 14.2 Å². The first-order valence-electron chi connectivity index (χ1n) is 8.90. The Morgan fingerprint density at radius 2 is 1.19 bits per heavy atom. The van der Waals surface area contributed by atoms with E-state index in [0.29, 0.717) is 13.2 Å². The average molecular weight is 348 g/mol. The molecule has 0 saturated carbocycles. The molecule has 3 aromatic carbocycles. The normalized spacial score (nSPS) is 10.4. The van der Waals surface area contributed by atoms with Gasteiger partial charge in [0.25, 0.3) is 0 Å². The first-order chi connectivity index (χ1) is 12.8. The summed E-state index contributed by atoms with van der Waals surface area (Å²) in [5.74, 6) is 2.59. The Morgan fingerprint density at radius 3 is 1.69 bits per heavy atom. The fraction of sp³-hybridized carbons (Fsp3) is 0.217. The van der Waals surface area contributed by atoms with Gasteiger partial charge >= 0.3 is 0 Å². The van der Waals surface area contributed by atoms with Gasteiger partial charge in [-0.15, -0.1) is 0 Å². The molecule has 0 aliphatic carbocycles. The van der Waals surface area contributed by atoms with Crippen molar-refractivity contribution in [3.63, 3.8) is 0 Å². The van der Waals surface area contributed by atoms with Crippen molar-refractivity contribution in [1.29, 1.82) is 0 Å². The topological polar surface area (TPSA) is 27.7 Å². The molecule has 134 valence electrons. The van der Waals surface area contributed by atoms with Gasteiger partial charge in [0, 0.05) is 5.56 Å². The van der Waals surface area contributed by atoms with E-state index in [9.17, 15) is 0 Å². The van der Waals surface area contributed by atoms with Crippen LogP contribution in [0.3, 0.4) is 0 Å². The molecule has 0 unspecified atom stereocenters. The van der Waals surface area contributed by atoms with Crippen molar-refractivity contribution in [2.24, 2.45) is 0 Å². The van der Waals surface area contributed by atoms with Crippen molar-refractivity contribution in [3.8, 4) is 39.5 Å². The molecule has 0 radical (unpaired) electrons. The molecular formula is C23H24O3. The van der Waals surface area contributed by atoms with Crippen molar-refractivity contribution in [1.82, 2.24) is 0 Å². The van der Waals surface area contributed by atoms with Crippen LogP contribution in [0.1, 0.15) is 13.8 Å². The molecule has 0 saturated heterocycles. The largest absolute Gasteiger partial charge is 0.496 e. The van der Waals surface area contributed by atoms with Crippen molar-refractivity contribution >= 4 is 0 Å². The van der Waals surface area contributed by atoms with E-state index in [1.54, 1.807) is 7.11 Å². The van der Waals surface area contributed by atoms with Gasteiger partial charge in [0.15, 0.2) is 0 Å². The van der Waals surface area contributed by atoms with E-state index >= 15 is 0 Å². The summed E-state index contributed by atoms with van der Waals surface area (Å²) in [6.07, 6.45) is 0. The molecule has 0 fully saturated rings. The predicted molar refractivity (Wildman–Crippen MR) is 106 cm³/mol. The molecule has 0 bridgehead atoms. The Kier molecular flexibility index (Phi) is 5.80. The monoisotopic (exact) mass is 348 g/mol. The summed E-state index contributed by atoms with van der Waals surface area (Å²) in [6, 6.07) is 22.4. The third-order valence-corrected chi connectivity index (χ3v) is 4.18. The lowest BCUT2D eigenvalue weighted by Crippen LogP contribution is -1.94. The number of hydrogen-bond donors (Lipinski definition) is 0. The molecule has 0 aliphatic rings. The highest BCUT2D eigenvalue weighted by Crippen LogP contribution is 2.40. The molecule has 3 aromatic rings. The molecule has 0 amide bonds. The number of hydrogen-bond acceptors (Lipinski definition) is 3. The smallest absolute Gasteiger partial charge is 0.127 e. The van der Waals surface area contributed by atoms with Gasteiger partial charge in [-0.3, -0.25) is 0 Å². The second-order valence-corrected chi connectivity index (χ2v) is 5.80. The highest BCUT2D eigenvalue weighted by molar-refractivity contribution is 5.87. The molecule has 3 rings (SSSR count). The van der Waals surface area contributed by atoms with Crippen LogP contribution in [0.2, 0.25) is 0 Å². The minimum absolute atomic E-state index is 0.658. The zero-order valence-electron chi connectivity index (χ0n) is 15.5. The Balaban J connectivity index is 2.06. The minimum atomic E-state index is 0.658. The standard InChI is InChI=1S/C23H24O3/c1-4-25-19-13-9-17(10-14-19)21-7-6-8-22(24-3)23(21)18-11-15-20(16-12-18)26-5-2/h6-16H,4-5H2,1-3H3. The van der Waals surface area contributed by atoms with Crippen LogP contribution in [0.5, 0.6) is 17.2 Å². The summed E-state index contributed by atoms with van der Waals surface area (Å²) in [5, 5.41) is 0. The molecule has 0 heterocycles. The number of benzene rings is 3. The van der Waals surface area contributed by atoms with Crippen molar-refractivity contribution in [2.45, 2.75) is 13.8 Å². The van der Waals surface area contributed by atoms with Crippen molar-refractivity contribution in [3.05, 3.63) is 66.7 Å². The highest BCUT2D eigenvalue weighted by Gasteiger charge is 2.13. The third-order valence-electron chi connectivity index (χ3n) is 4.18. The first kappa shape index (κ1) is 17.9. The Hall–Kier alpha value is -2.94.